The number of carbonyl (C=O) groups is 2. The number of nitrogens with zero attached hydrogens (tertiary/aromatic N) is 2. The van der Waals surface area contributed by atoms with Crippen molar-refractivity contribution < 1.29 is 9.59 Å². The molecule has 0 saturated carbocycles. The van der Waals surface area contributed by atoms with Crippen molar-refractivity contribution >= 4 is 17.5 Å². The van der Waals surface area contributed by atoms with Gasteiger partial charge in [0.25, 0.3) is 5.56 Å². The minimum absolute atomic E-state index is 0.000641. The van der Waals surface area contributed by atoms with Crippen LogP contribution in [0.4, 0.5) is 5.69 Å². The first-order valence-electron chi connectivity index (χ1n) is 8.14. The summed E-state index contributed by atoms with van der Waals surface area (Å²) >= 11 is 0. The number of carbonyl (C=O) groups excluding carboxylic acids is 2. The van der Waals surface area contributed by atoms with Crippen molar-refractivity contribution in [3.05, 3.63) is 64.6 Å². The van der Waals surface area contributed by atoms with Crippen molar-refractivity contribution in [1.29, 1.82) is 0 Å². The van der Waals surface area contributed by atoms with Gasteiger partial charge in [0.15, 0.2) is 0 Å². The highest BCUT2D eigenvalue weighted by Gasteiger charge is 2.16. The first-order valence-corrected chi connectivity index (χ1v) is 8.14. The van der Waals surface area contributed by atoms with E-state index in [9.17, 15) is 14.4 Å². The van der Waals surface area contributed by atoms with E-state index in [0.29, 0.717) is 19.6 Å². The van der Waals surface area contributed by atoms with Crippen LogP contribution >= 0.6 is 0 Å². The highest BCUT2D eigenvalue weighted by atomic mass is 16.2. The van der Waals surface area contributed by atoms with E-state index in [1.165, 1.54) is 10.6 Å². The topological polar surface area (TPSA) is 83.4 Å². The summed E-state index contributed by atoms with van der Waals surface area (Å²) in [6.45, 7) is 2.19. The van der Waals surface area contributed by atoms with Crippen LogP contribution in [0.2, 0.25) is 0 Å². The highest BCUT2D eigenvalue weighted by molar-refractivity contribution is 5.82. The number of amides is 2. The molecule has 130 valence electrons. The van der Waals surface area contributed by atoms with Crippen LogP contribution in [-0.2, 0) is 22.7 Å². The number of piperazine rings is 1. The molecule has 2 aromatic rings. The number of hydrogen-bond acceptors (Lipinski definition) is 4. The number of benzene rings is 1. The quantitative estimate of drug-likeness (QED) is 0.809. The van der Waals surface area contributed by atoms with E-state index in [-0.39, 0.29) is 23.9 Å². The van der Waals surface area contributed by atoms with Crippen LogP contribution in [0.3, 0.4) is 0 Å². The van der Waals surface area contributed by atoms with Crippen molar-refractivity contribution in [2.45, 2.75) is 13.1 Å². The van der Waals surface area contributed by atoms with Gasteiger partial charge in [-0.2, -0.15) is 0 Å². The molecule has 2 amide bonds. The first kappa shape index (κ1) is 16.8. The number of rotatable bonds is 5. The van der Waals surface area contributed by atoms with Crippen LogP contribution in [0.5, 0.6) is 0 Å². The van der Waals surface area contributed by atoms with Crippen LogP contribution in [0.15, 0.2) is 53.5 Å². The second-order valence-electron chi connectivity index (χ2n) is 5.88. The zero-order chi connectivity index (χ0) is 17.6. The minimum Gasteiger partial charge on any atom is -0.360 e. The van der Waals surface area contributed by atoms with Crippen molar-refractivity contribution in [2.75, 3.05) is 24.5 Å². The van der Waals surface area contributed by atoms with Crippen LogP contribution in [0.25, 0.3) is 0 Å². The zero-order valence-electron chi connectivity index (χ0n) is 13.8. The van der Waals surface area contributed by atoms with E-state index >= 15 is 0 Å². The van der Waals surface area contributed by atoms with Gasteiger partial charge in [-0.05, 0) is 23.8 Å². The Bertz CT molecular complexity index is 814. The van der Waals surface area contributed by atoms with E-state index in [4.69, 9.17) is 0 Å². The average Bonchev–Trinajstić information content (AvgIpc) is 2.62. The summed E-state index contributed by atoms with van der Waals surface area (Å²) in [5.74, 6) is -0.191. The van der Waals surface area contributed by atoms with Gasteiger partial charge in [-0.1, -0.05) is 18.2 Å². The Morgan fingerprint density at radius 2 is 1.92 bits per heavy atom. The van der Waals surface area contributed by atoms with Gasteiger partial charge in [-0.25, -0.2) is 0 Å². The lowest BCUT2D eigenvalue weighted by Gasteiger charge is -2.28. The fourth-order valence-electron chi connectivity index (χ4n) is 2.69. The van der Waals surface area contributed by atoms with E-state index in [0.717, 1.165) is 17.8 Å². The standard InChI is InChI=1S/C18H20N4O3/c23-16-12-21(10-8-19-16)15-6-4-14(5-7-15)11-20-17(24)13-22-9-2-1-3-18(22)25/h1-7,9H,8,10-13H2,(H,19,23)(H,20,24). The fraction of sp³-hybridized carbons (Fsp3) is 0.278. The molecule has 0 radical (unpaired) electrons. The number of aromatic nitrogens is 1. The maximum absolute atomic E-state index is 12.0. The van der Waals surface area contributed by atoms with Crippen LogP contribution in [0, 0.1) is 0 Å². The lowest BCUT2D eigenvalue weighted by molar-refractivity contribution is -0.122. The Kier molecular flexibility index (Phi) is 5.13. The molecule has 2 N–H and O–H groups in total. The highest BCUT2D eigenvalue weighted by Crippen LogP contribution is 2.16. The molecule has 0 spiro atoms. The molecule has 0 aliphatic carbocycles. The molecule has 1 saturated heterocycles. The number of nitrogens with one attached hydrogen (secondary N) is 2. The lowest BCUT2D eigenvalue weighted by atomic mass is 10.2. The predicted molar refractivity (Wildman–Crippen MR) is 94.2 cm³/mol. The Labute approximate surface area is 145 Å². The molecule has 1 aromatic carbocycles. The predicted octanol–water partition coefficient (Wildman–Crippen LogP) is 0.101. The van der Waals surface area contributed by atoms with Gasteiger partial charge in [0.05, 0.1) is 6.54 Å². The normalized spacial score (nSPS) is 14.1. The molecule has 25 heavy (non-hydrogen) atoms. The van der Waals surface area contributed by atoms with Crippen molar-refractivity contribution in [1.82, 2.24) is 15.2 Å². The SMILES string of the molecule is O=C1CN(c2ccc(CNC(=O)Cn3ccccc3=O)cc2)CCN1. The summed E-state index contributed by atoms with van der Waals surface area (Å²) in [5, 5.41) is 5.60. The second kappa shape index (κ2) is 7.65. The molecular formula is C18H20N4O3. The van der Waals surface area contributed by atoms with Gasteiger partial charge in [0.2, 0.25) is 11.8 Å². The fourth-order valence-corrected chi connectivity index (χ4v) is 2.69. The molecule has 2 heterocycles. The Hall–Kier alpha value is -3.09. The summed E-state index contributed by atoms with van der Waals surface area (Å²) < 4.78 is 1.36. The third kappa shape index (κ3) is 4.47. The Balaban J connectivity index is 1.53. The van der Waals surface area contributed by atoms with Crippen LogP contribution < -0.4 is 21.1 Å². The molecule has 1 fully saturated rings. The average molecular weight is 340 g/mol. The summed E-state index contributed by atoms with van der Waals surface area (Å²) in [6.07, 6.45) is 1.59. The third-order valence-electron chi connectivity index (χ3n) is 4.04. The molecule has 0 unspecified atom stereocenters. The Morgan fingerprint density at radius 1 is 1.12 bits per heavy atom. The zero-order valence-corrected chi connectivity index (χ0v) is 13.8. The summed E-state index contributed by atoms with van der Waals surface area (Å²) in [7, 11) is 0. The largest absolute Gasteiger partial charge is 0.360 e. The maximum Gasteiger partial charge on any atom is 0.250 e. The third-order valence-corrected chi connectivity index (χ3v) is 4.04. The first-order chi connectivity index (χ1) is 12.1. The molecule has 1 aromatic heterocycles. The summed E-state index contributed by atoms with van der Waals surface area (Å²) in [5.41, 5.74) is 1.74. The van der Waals surface area contributed by atoms with Gasteiger partial charge < -0.3 is 20.1 Å². The van der Waals surface area contributed by atoms with E-state index in [1.54, 1.807) is 18.3 Å². The van der Waals surface area contributed by atoms with Crippen molar-refractivity contribution in [3.8, 4) is 0 Å². The van der Waals surface area contributed by atoms with Gasteiger partial charge in [-0.3, -0.25) is 14.4 Å². The molecule has 1 aliphatic heterocycles. The summed E-state index contributed by atoms with van der Waals surface area (Å²) in [6, 6.07) is 12.5. The number of anilines is 1. The van der Waals surface area contributed by atoms with E-state index in [1.807, 2.05) is 29.2 Å². The lowest BCUT2D eigenvalue weighted by Crippen LogP contribution is -2.47. The van der Waals surface area contributed by atoms with E-state index < -0.39 is 0 Å². The minimum atomic E-state index is -0.218. The van der Waals surface area contributed by atoms with Gasteiger partial charge >= 0.3 is 0 Å². The van der Waals surface area contributed by atoms with Crippen molar-refractivity contribution in [3.63, 3.8) is 0 Å². The van der Waals surface area contributed by atoms with Crippen LogP contribution in [-0.4, -0.2) is 36.0 Å². The van der Waals surface area contributed by atoms with E-state index in [2.05, 4.69) is 10.6 Å². The molecule has 7 nitrogen and oxygen atoms in total. The number of pyridine rings is 1. The van der Waals surface area contributed by atoms with Gasteiger partial charge in [0.1, 0.15) is 6.54 Å². The molecule has 1 aliphatic rings. The Morgan fingerprint density at radius 3 is 2.64 bits per heavy atom. The number of hydrogen-bond donors (Lipinski definition) is 2. The molecule has 0 bridgehead atoms. The molecule has 3 rings (SSSR count). The molecular weight excluding hydrogens is 320 g/mol. The van der Waals surface area contributed by atoms with Crippen LogP contribution in [0.1, 0.15) is 5.56 Å². The second-order valence-corrected chi connectivity index (χ2v) is 5.88. The van der Waals surface area contributed by atoms with Gasteiger partial charge in [-0.15, -0.1) is 0 Å². The monoisotopic (exact) mass is 340 g/mol. The smallest absolute Gasteiger partial charge is 0.250 e. The van der Waals surface area contributed by atoms with Gasteiger partial charge in [0, 0.05) is 37.6 Å². The van der Waals surface area contributed by atoms with Crippen molar-refractivity contribution in [2.24, 2.45) is 0 Å². The molecule has 7 heteroatoms. The maximum atomic E-state index is 12.0. The molecule has 0 atom stereocenters. The summed E-state index contributed by atoms with van der Waals surface area (Å²) in [4.78, 5) is 37.0.